The minimum atomic E-state index is -0.322. The van der Waals surface area contributed by atoms with Crippen molar-refractivity contribution in [3.63, 3.8) is 0 Å². The van der Waals surface area contributed by atoms with Gasteiger partial charge in [0.15, 0.2) is 0 Å². The van der Waals surface area contributed by atoms with Gasteiger partial charge in [-0.2, -0.15) is 0 Å². The first-order valence-electron chi connectivity index (χ1n) is 7.25. The molecule has 0 heterocycles. The Balaban J connectivity index is 2.39. The molecule has 112 valence electrons. The van der Waals surface area contributed by atoms with Crippen LogP contribution in [0.5, 0.6) is 5.75 Å². The molecule has 0 aromatic heterocycles. The fraction of sp³-hybridized carbons (Fsp3) is 0.562. The number of carbonyl (C=O) groups is 1. The summed E-state index contributed by atoms with van der Waals surface area (Å²) >= 11 is 0. The summed E-state index contributed by atoms with van der Waals surface area (Å²) in [5.74, 6) is 0.569. The molecule has 0 aliphatic heterocycles. The lowest BCUT2D eigenvalue weighted by atomic mass is 10.1. The van der Waals surface area contributed by atoms with Crippen molar-refractivity contribution in [3.05, 3.63) is 29.8 Å². The predicted octanol–water partition coefficient (Wildman–Crippen LogP) is 3.42. The molecule has 0 fully saturated rings. The number of hydroxylamine groups is 2. The van der Waals surface area contributed by atoms with Crippen LogP contribution >= 0.6 is 0 Å². The SMILES string of the molecule is CCCCOc1ccc(CCC(C)N(O)C(C)=O)cc1. The average molecular weight is 279 g/mol. The first-order chi connectivity index (χ1) is 9.54. The second kappa shape index (κ2) is 8.59. The highest BCUT2D eigenvalue weighted by atomic mass is 16.5. The summed E-state index contributed by atoms with van der Waals surface area (Å²) in [5.41, 5.74) is 1.18. The predicted molar refractivity (Wildman–Crippen MR) is 78.9 cm³/mol. The molecule has 1 unspecified atom stereocenters. The van der Waals surface area contributed by atoms with Gasteiger partial charge in [0.1, 0.15) is 5.75 Å². The summed E-state index contributed by atoms with van der Waals surface area (Å²) in [7, 11) is 0. The zero-order chi connectivity index (χ0) is 15.0. The van der Waals surface area contributed by atoms with Gasteiger partial charge in [-0.05, 0) is 43.9 Å². The van der Waals surface area contributed by atoms with E-state index < -0.39 is 0 Å². The second-order valence-electron chi connectivity index (χ2n) is 5.10. The van der Waals surface area contributed by atoms with Gasteiger partial charge in [-0.25, -0.2) is 5.06 Å². The standard InChI is InChI=1S/C16H25NO3/c1-4-5-12-20-16-10-8-15(9-11-16)7-6-13(2)17(19)14(3)18/h8-11,13,19H,4-7,12H2,1-3H3. The number of carbonyl (C=O) groups excluding carboxylic acids is 1. The van der Waals surface area contributed by atoms with Crippen LogP contribution in [-0.4, -0.2) is 28.8 Å². The normalized spacial score (nSPS) is 12.0. The maximum atomic E-state index is 11.0. The molecule has 0 spiro atoms. The highest BCUT2D eigenvalue weighted by Crippen LogP contribution is 2.15. The van der Waals surface area contributed by atoms with Gasteiger partial charge in [0.05, 0.1) is 12.6 Å². The zero-order valence-electron chi connectivity index (χ0n) is 12.6. The molecule has 20 heavy (non-hydrogen) atoms. The van der Waals surface area contributed by atoms with Crippen LogP contribution in [0.15, 0.2) is 24.3 Å². The molecule has 1 rings (SSSR count). The Morgan fingerprint density at radius 1 is 1.35 bits per heavy atom. The Kier molecular flexibility index (Phi) is 7.09. The molecular formula is C16H25NO3. The van der Waals surface area contributed by atoms with Gasteiger partial charge in [-0.3, -0.25) is 10.0 Å². The molecule has 1 atom stereocenters. The molecule has 0 saturated heterocycles. The third-order valence-corrected chi connectivity index (χ3v) is 3.28. The van der Waals surface area contributed by atoms with Gasteiger partial charge in [-0.15, -0.1) is 0 Å². The number of hydrogen-bond acceptors (Lipinski definition) is 3. The second-order valence-corrected chi connectivity index (χ2v) is 5.10. The quantitative estimate of drug-likeness (QED) is 0.450. The number of aryl methyl sites for hydroxylation is 1. The van der Waals surface area contributed by atoms with Crippen LogP contribution in [0.3, 0.4) is 0 Å². The lowest BCUT2D eigenvalue weighted by Crippen LogP contribution is -2.34. The lowest BCUT2D eigenvalue weighted by molar-refractivity contribution is -0.172. The number of ether oxygens (including phenoxy) is 1. The molecule has 0 saturated carbocycles. The molecule has 4 nitrogen and oxygen atoms in total. The largest absolute Gasteiger partial charge is 0.494 e. The van der Waals surface area contributed by atoms with Crippen LogP contribution in [0.4, 0.5) is 0 Å². The molecule has 4 heteroatoms. The summed E-state index contributed by atoms with van der Waals surface area (Å²) < 4.78 is 5.60. The number of nitrogens with zero attached hydrogens (tertiary/aromatic N) is 1. The maximum absolute atomic E-state index is 11.0. The molecule has 1 amide bonds. The van der Waals surface area contributed by atoms with Crippen molar-refractivity contribution in [2.45, 2.75) is 52.5 Å². The van der Waals surface area contributed by atoms with Crippen LogP contribution in [0, 0.1) is 0 Å². The summed E-state index contributed by atoms with van der Waals surface area (Å²) in [6, 6.07) is 7.83. The number of hydrogen-bond donors (Lipinski definition) is 1. The smallest absolute Gasteiger partial charge is 0.243 e. The van der Waals surface area contributed by atoms with Gasteiger partial charge in [0.2, 0.25) is 5.91 Å². The van der Waals surface area contributed by atoms with Gasteiger partial charge >= 0.3 is 0 Å². The van der Waals surface area contributed by atoms with E-state index in [2.05, 4.69) is 6.92 Å². The van der Waals surface area contributed by atoms with Gasteiger partial charge in [0.25, 0.3) is 0 Å². The minimum Gasteiger partial charge on any atom is -0.494 e. The molecule has 1 aromatic carbocycles. The summed E-state index contributed by atoms with van der Waals surface area (Å²) in [6.07, 6.45) is 3.74. The summed E-state index contributed by atoms with van der Waals surface area (Å²) in [4.78, 5) is 11.0. The van der Waals surface area contributed by atoms with E-state index in [-0.39, 0.29) is 11.9 Å². The van der Waals surface area contributed by atoms with Crippen molar-refractivity contribution < 1.29 is 14.7 Å². The number of unbranched alkanes of at least 4 members (excludes halogenated alkanes) is 1. The fourth-order valence-electron chi connectivity index (χ4n) is 1.89. The van der Waals surface area contributed by atoms with E-state index in [4.69, 9.17) is 4.74 Å². The Bertz CT molecular complexity index is 403. The number of benzene rings is 1. The van der Waals surface area contributed by atoms with Crippen LogP contribution in [0.25, 0.3) is 0 Å². The van der Waals surface area contributed by atoms with Crippen LogP contribution in [0.2, 0.25) is 0 Å². The lowest BCUT2D eigenvalue weighted by Gasteiger charge is -2.20. The van der Waals surface area contributed by atoms with E-state index in [1.165, 1.54) is 12.5 Å². The Morgan fingerprint density at radius 3 is 2.55 bits per heavy atom. The third-order valence-electron chi connectivity index (χ3n) is 3.28. The van der Waals surface area contributed by atoms with Crippen molar-refractivity contribution >= 4 is 5.91 Å². The fourth-order valence-corrected chi connectivity index (χ4v) is 1.89. The topological polar surface area (TPSA) is 49.8 Å². The Labute approximate surface area is 121 Å². The van der Waals surface area contributed by atoms with Crippen LogP contribution < -0.4 is 4.74 Å². The molecule has 1 N–H and O–H groups in total. The van der Waals surface area contributed by atoms with Gasteiger partial charge < -0.3 is 4.74 Å². The monoisotopic (exact) mass is 279 g/mol. The average Bonchev–Trinajstić information content (AvgIpc) is 2.45. The van der Waals surface area contributed by atoms with E-state index in [1.54, 1.807) is 0 Å². The van der Waals surface area contributed by atoms with E-state index in [9.17, 15) is 10.0 Å². The highest BCUT2D eigenvalue weighted by Gasteiger charge is 2.13. The van der Waals surface area contributed by atoms with Crippen molar-refractivity contribution in [1.82, 2.24) is 5.06 Å². The number of rotatable bonds is 8. The van der Waals surface area contributed by atoms with Crippen molar-refractivity contribution in [2.24, 2.45) is 0 Å². The molecular weight excluding hydrogens is 254 g/mol. The first-order valence-corrected chi connectivity index (χ1v) is 7.25. The molecule has 0 radical (unpaired) electrons. The van der Waals surface area contributed by atoms with Crippen molar-refractivity contribution in [2.75, 3.05) is 6.61 Å². The molecule has 0 aliphatic carbocycles. The van der Waals surface area contributed by atoms with Crippen LogP contribution in [0.1, 0.15) is 45.6 Å². The molecule has 0 aliphatic rings. The van der Waals surface area contributed by atoms with Gasteiger partial charge in [0, 0.05) is 6.92 Å². The maximum Gasteiger partial charge on any atom is 0.243 e. The minimum absolute atomic E-state index is 0.173. The van der Waals surface area contributed by atoms with E-state index in [0.29, 0.717) is 0 Å². The van der Waals surface area contributed by atoms with E-state index in [1.807, 2.05) is 31.2 Å². The highest BCUT2D eigenvalue weighted by molar-refractivity contribution is 5.72. The van der Waals surface area contributed by atoms with Crippen molar-refractivity contribution in [1.29, 1.82) is 0 Å². The summed E-state index contributed by atoms with van der Waals surface area (Å²) in [6.45, 7) is 6.09. The summed E-state index contributed by atoms with van der Waals surface area (Å²) in [5, 5.41) is 10.3. The number of amides is 1. The molecule has 1 aromatic rings. The third kappa shape index (κ3) is 5.61. The van der Waals surface area contributed by atoms with Crippen LogP contribution in [-0.2, 0) is 11.2 Å². The zero-order valence-corrected chi connectivity index (χ0v) is 12.6. The van der Waals surface area contributed by atoms with Crippen molar-refractivity contribution in [3.8, 4) is 5.75 Å². The Hall–Kier alpha value is -1.55. The van der Waals surface area contributed by atoms with Gasteiger partial charge in [-0.1, -0.05) is 25.5 Å². The molecule has 0 bridgehead atoms. The Morgan fingerprint density at radius 2 is 2.00 bits per heavy atom. The van der Waals surface area contributed by atoms with E-state index >= 15 is 0 Å². The van der Waals surface area contributed by atoms with E-state index in [0.717, 1.165) is 43.1 Å². The first kappa shape index (κ1) is 16.5.